The lowest BCUT2D eigenvalue weighted by Crippen LogP contribution is -2.41. The number of hydrogen-bond donors (Lipinski definition) is 2. The lowest BCUT2D eigenvalue weighted by atomic mass is 10.0. The van der Waals surface area contributed by atoms with Crippen LogP contribution in [0.1, 0.15) is 29.4 Å². The molecule has 1 aromatic heterocycles. The third-order valence-electron chi connectivity index (χ3n) is 3.39. The van der Waals surface area contributed by atoms with Gasteiger partial charge in [-0.05, 0) is 6.92 Å². The standard InChI is InChI=1S/C13H21N3O4/c1-3-20-12(17)10-6-15-16(2)11(10)7-14-8-13(18)4-5-19-9-13/h6,14,18H,3-5,7-9H2,1-2H3. The summed E-state index contributed by atoms with van der Waals surface area (Å²) < 4.78 is 11.8. The number of hydrogen-bond acceptors (Lipinski definition) is 6. The summed E-state index contributed by atoms with van der Waals surface area (Å²) in [6.45, 7) is 3.88. The zero-order valence-corrected chi connectivity index (χ0v) is 11.9. The van der Waals surface area contributed by atoms with Crippen LogP contribution in [-0.4, -0.2) is 52.8 Å². The molecule has 2 N–H and O–H groups in total. The second-order valence-corrected chi connectivity index (χ2v) is 4.98. The third kappa shape index (κ3) is 3.36. The molecule has 0 amide bonds. The smallest absolute Gasteiger partial charge is 0.341 e. The van der Waals surface area contributed by atoms with Crippen LogP contribution in [0.15, 0.2) is 6.20 Å². The minimum absolute atomic E-state index is 0.331. The summed E-state index contributed by atoms with van der Waals surface area (Å²) in [5.74, 6) is -0.375. The van der Waals surface area contributed by atoms with Crippen LogP contribution >= 0.6 is 0 Å². The molecule has 0 bridgehead atoms. The van der Waals surface area contributed by atoms with Gasteiger partial charge in [0, 0.05) is 33.2 Å². The van der Waals surface area contributed by atoms with Gasteiger partial charge in [-0.1, -0.05) is 0 Å². The van der Waals surface area contributed by atoms with E-state index >= 15 is 0 Å². The average molecular weight is 283 g/mol. The Morgan fingerprint density at radius 3 is 3.15 bits per heavy atom. The Balaban J connectivity index is 1.95. The van der Waals surface area contributed by atoms with E-state index in [-0.39, 0.29) is 5.97 Å². The quantitative estimate of drug-likeness (QED) is 0.706. The van der Waals surface area contributed by atoms with Gasteiger partial charge in [0.25, 0.3) is 0 Å². The zero-order chi connectivity index (χ0) is 14.6. The molecule has 0 radical (unpaired) electrons. The molecule has 2 rings (SSSR count). The van der Waals surface area contributed by atoms with E-state index in [1.807, 2.05) is 0 Å². The van der Waals surface area contributed by atoms with Crippen molar-refractivity contribution in [3.05, 3.63) is 17.5 Å². The largest absolute Gasteiger partial charge is 0.462 e. The van der Waals surface area contributed by atoms with Gasteiger partial charge in [-0.3, -0.25) is 4.68 Å². The summed E-state index contributed by atoms with van der Waals surface area (Å²) in [5, 5.41) is 17.4. The van der Waals surface area contributed by atoms with Crippen LogP contribution in [0.4, 0.5) is 0 Å². The Labute approximate surface area is 117 Å². The highest BCUT2D eigenvalue weighted by Gasteiger charge is 2.31. The van der Waals surface area contributed by atoms with Crippen molar-refractivity contribution in [2.75, 3.05) is 26.4 Å². The summed E-state index contributed by atoms with van der Waals surface area (Å²) in [7, 11) is 1.77. The number of aliphatic hydroxyl groups is 1. The van der Waals surface area contributed by atoms with E-state index in [1.54, 1.807) is 18.7 Å². The van der Waals surface area contributed by atoms with Crippen molar-refractivity contribution in [1.82, 2.24) is 15.1 Å². The van der Waals surface area contributed by atoms with Crippen LogP contribution < -0.4 is 5.32 Å². The van der Waals surface area contributed by atoms with E-state index in [2.05, 4.69) is 10.4 Å². The third-order valence-corrected chi connectivity index (χ3v) is 3.39. The fraction of sp³-hybridized carbons (Fsp3) is 0.692. The molecule has 2 heterocycles. The van der Waals surface area contributed by atoms with E-state index in [0.29, 0.717) is 44.9 Å². The van der Waals surface area contributed by atoms with Crippen LogP contribution in [-0.2, 0) is 23.1 Å². The summed E-state index contributed by atoms with van der Waals surface area (Å²) in [5.41, 5.74) is 0.380. The van der Waals surface area contributed by atoms with Gasteiger partial charge in [-0.2, -0.15) is 5.10 Å². The van der Waals surface area contributed by atoms with Crippen molar-refractivity contribution in [2.45, 2.75) is 25.5 Å². The molecule has 0 aromatic carbocycles. The topological polar surface area (TPSA) is 85.6 Å². The number of esters is 1. The first-order chi connectivity index (χ1) is 9.56. The molecule has 0 aliphatic carbocycles. The first-order valence-corrected chi connectivity index (χ1v) is 6.74. The van der Waals surface area contributed by atoms with Crippen LogP contribution in [0.5, 0.6) is 0 Å². The molecular weight excluding hydrogens is 262 g/mol. The van der Waals surface area contributed by atoms with E-state index in [9.17, 15) is 9.90 Å². The maximum absolute atomic E-state index is 11.8. The maximum Gasteiger partial charge on any atom is 0.341 e. The summed E-state index contributed by atoms with van der Waals surface area (Å²) in [4.78, 5) is 11.8. The zero-order valence-electron chi connectivity index (χ0n) is 11.9. The van der Waals surface area contributed by atoms with Gasteiger partial charge in [0.2, 0.25) is 0 Å². The molecule has 1 aliphatic heterocycles. The maximum atomic E-state index is 11.8. The second kappa shape index (κ2) is 6.34. The molecule has 1 unspecified atom stereocenters. The molecule has 20 heavy (non-hydrogen) atoms. The lowest BCUT2D eigenvalue weighted by molar-refractivity contribution is 0.0267. The Kier molecular flexibility index (Phi) is 4.74. The van der Waals surface area contributed by atoms with Crippen molar-refractivity contribution >= 4 is 5.97 Å². The predicted octanol–water partition coefficient (Wildman–Crippen LogP) is -0.162. The molecule has 112 valence electrons. The monoisotopic (exact) mass is 283 g/mol. The van der Waals surface area contributed by atoms with Gasteiger partial charge < -0.3 is 19.9 Å². The molecular formula is C13H21N3O4. The van der Waals surface area contributed by atoms with E-state index < -0.39 is 5.60 Å². The van der Waals surface area contributed by atoms with Crippen molar-refractivity contribution in [3.63, 3.8) is 0 Å². The number of ether oxygens (including phenoxy) is 2. The number of aryl methyl sites for hydroxylation is 1. The first kappa shape index (κ1) is 15.0. The molecule has 7 heteroatoms. The van der Waals surface area contributed by atoms with Gasteiger partial charge in [-0.15, -0.1) is 0 Å². The Hall–Kier alpha value is -1.44. The van der Waals surface area contributed by atoms with Gasteiger partial charge >= 0.3 is 5.97 Å². The SMILES string of the molecule is CCOC(=O)c1cnn(C)c1CNCC1(O)CCOC1. The van der Waals surface area contributed by atoms with Gasteiger partial charge in [0.05, 0.1) is 25.1 Å². The minimum atomic E-state index is -0.817. The summed E-state index contributed by atoms with van der Waals surface area (Å²) in [6.07, 6.45) is 2.12. The van der Waals surface area contributed by atoms with Crippen molar-refractivity contribution in [1.29, 1.82) is 0 Å². The Morgan fingerprint density at radius 2 is 2.50 bits per heavy atom. The van der Waals surface area contributed by atoms with Crippen LogP contribution in [0.2, 0.25) is 0 Å². The molecule has 1 fully saturated rings. The number of carbonyl (C=O) groups excluding carboxylic acids is 1. The number of rotatable bonds is 6. The second-order valence-electron chi connectivity index (χ2n) is 4.98. The highest BCUT2D eigenvalue weighted by atomic mass is 16.5. The number of carbonyl (C=O) groups is 1. The van der Waals surface area contributed by atoms with Gasteiger partial charge in [-0.25, -0.2) is 4.79 Å². The lowest BCUT2D eigenvalue weighted by Gasteiger charge is -2.20. The van der Waals surface area contributed by atoms with Crippen molar-refractivity contribution in [2.24, 2.45) is 7.05 Å². The molecule has 1 saturated heterocycles. The highest BCUT2D eigenvalue weighted by Crippen LogP contribution is 2.17. The normalized spacial score (nSPS) is 22.1. The van der Waals surface area contributed by atoms with Crippen LogP contribution in [0.25, 0.3) is 0 Å². The molecule has 1 aromatic rings. The van der Waals surface area contributed by atoms with Crippen LogP contribution in [0.3, 0.4) is 0 Å². The fourth-order valence-corrected chi connectivity index (χ4v) is 2.20. The Bertz CT molecular complexity index is 466. The number of nitrogens with zero attached hydrogens (tertiary/aromatic N) is 2. The molecule has 1 atom stereocenters. The van der Waals surface area contributed by atoms with Crippen molar-refractivity contribution in [3.8, 4) is 0 Å². The average Bonchev–Trinajstić information content (AvgIpc) is 2.98. The first-order valence-electron chi connectivity index (χ1n) is 6.74. The van der Waals surface area contributed by atoms with E-state index in [0.717, 1.165) is 5.69 Å². The Morgan fingerprint density at radius 1 is 1.70 bits per heavy atom. The van der Waals surface area contributed by atoms with Crippen LogP contribution in [0, 0.1) is 0 Å². The summed E-state index contributed by atoms with van der Waals surface area (Å²) in [6, 6.07) is 0. The van der Waals surface area contributed by atoms with E-state index in [1.165, 1.54) is 6.20 Å². The highest BCUT2D eigenvalue weighted by molar-refractivity contribution is 5.90. The molecule has 7 nitrogen and oxygen atoms in total. The van der Waals surface area contributed by atoms with Crippen molar-refractivity contribution < 1.29 is 19.4 Å². The minimum Gasteiger partial charge on any atom is -0.462 e. The fourth-order valence-electron chi connectivity index (χ4n) is 2.20. The number of aromatic nitrogens is 2. The number of nitrogens with one attached hydrogen (secondary N) is 1. The van der Waals surface area contributed by atoms with Gasteiger partial charge in [0.1, 0.15) is 11.2 Å². The molecule has 0 saturated carbocycles. The van der Waals surface area contributed by atoms with Gasteiger partial charge in [0.15, 0.2) is 0 Å². The summed E-state index contributed by atoms with van der Waals surface area (Å²) >= 11 is 0. The molecule has 1 aliphatic rings. The predicted molar refractivity (Wildman–Crippen MR) is 71.3 cm³/mol. The molecule has 0 spiro atoms. The van der Waals surface area contributed by atoms with E-state index in [4.69, 9.17) is 9.47 Å².